The van der Waals surface area contributed by atoms with Gasteiger partial charge in [0.25, 0.3) is 17.7 Å². The van der Waals surface area contributed by atoms with Crippen LogP contribution in [0.3, 0.4) is 0 Å². The zero-order chi connectivity index (χ0) is 38.0. The van der Waals surface area contributed by atoms with E-state index in [1.54, 1.807) is 36.7 Å². The maximum Gasteiger partial charge on any atom is 0.262 e. The largest absolute Gasteiger partial charge is 0.492 e. The Kier molecular flexibility index (Phi) is 8.33. The lowest BCUT2D eigenvalue weighted by Gasteiger charge is -2.48. The minimum Gasteiger partial charge on any atom is -0.492 e. The number of rotatable bonds is 9. The molecule has 3 fully saturated rings. The average molecular weight is 749 g/mol. The molecule has 0 aliphatic carbocycles. The summed E-state index contributed by atoms with van der Waals surface area (Å²) in [5.41, 5.74) is 1.59. The standard InChI is InChI=1S/C38H37FN10O6/c1-2-55-31-16-28-22(14-29(31)42-34(51)27-17-41-47-11-3-10-40-33(27)47)18-48(44-28)23-8-12-45(13-9-23)19-38(39)20-46(21-38)24-4-5-25-26(15-24)37(54)49(36(25)53)30-6-7-32(50)43-35(30)52/h3-5,10-11,14-18,23,30H,2,6-9,12-13,19-21H2,1H3,(H,42,51)(H,43,50,52). The van der Waals surface area contributed by atoms with Crippen LogP contribution in [0.1, 0.15) is 69.7 Å². The van der Waals surface area contributed by atoms with E-state index in [0.717, 1.165) is 28.6 Å². The molecule has 7 heterocycles. The highest BCUT2D eigenvalue weighted by Gasteiger charge is 2.48. The molecule has 9 rings (SSSR count). The second kappa shape index (κ2) is 13.3. The Morgan fingerprint density at radius 3 is 2.64 bits per heavy atom. The van der Waals surface area contributed by atoms with Gasteiger partial charge in [-0.3, -0.25) is 43.8 Å². The lowest BCUT2D eigenvalue weighted by Crippen LogP contribution is -2.64. The number of hydrogen-bond acceptors (Lipinski definition) is 11. The Bertz CT molecular complexity index is 2410. The monoisotopic (exact) mass is 748 g/mol. The van der Waals surface area contributed by atoms with Crippen LogP contribution in [0.25, 0.3) is 16.6 Å². The van der Waals surface area contributed by atoms with Crippen molar-refractivity contribution in [3.05, 3.63) is 77.9 Å². The fourth-order valence-electron chi connectivity index (χ4n) is 8.13. The van der Waals surface area contributed by atoms with Crippen molar-refractivity contribution in [1.29, 1.82) is 0 Å². The van der Waals surface area contributed by atoms with E-state index >= 15 is 4.39 Å². The molecule has 4 aliphatic heterocycles. The molecule has 5 aromatic rings. The van der Waals surface area contributed by atoms with Gasteiger partial charge in [-0.25, -0.2) is 13.9 Å². The fraction of sp³-hybridized carbons (Fsp3) is 0.368. The number of imide groups is 2. The quantitative estimate of drug-likeness (QED) is 0.212. The number of carbonyl (C=O) groups is 5. The first-order valence-corrected chi connectivity index (χ1v) is 18.3. The molecule has 16 nitrogen and oxygen atoms in total. The number of anilines is 2. The summed E-state index contributed by atoms with van der Waals surface area (Å²) in [6, 6.07) is 9.33. The minimum atomic E-state index is -1.44. The first-order valence-electron chi connectivity index (χ1n) is 18.3. The molecule has 1 atom stereocenters. The molecular weight excluding hydrogens is 711 g/mol. The number of piperidine rings is 2. The smallest absolute Gasteiger partial charge is 0.262 e. The van der Waals surface area contributed by atoms with Crippen molar-refractivity contribution in [2.45, 2.75) is 50.4 Å². The summed E-state index contributed by atoms with van der Waals surface area (Å²) < 4.78 is 25.4. The van der Waals surface area contributed by atoms with E-state index in [1.807, 2.05) is 34.8 Å². The highest BCUT2D eigenvalue weighted by Crippen LogP contribution is 2.37. The van der Waals surface area contributed by atoms with E-state index in [9.17, 15) is 24.0 Å². The maximum absolute atomic E-state index is 16.0. The Morgan fingerprint density at radius 1 is 1.05 bits per heavy atom. The van der Waals surface area contributed by atoms with Gasteiger partial charge in [0.1, 0.15) is 17.4 Å². The molecule has 4 aliphatic rings. The summed E-state index contributed by atoms with van der Waals surface area (Å²) in [5, 5.41) is 15.1. The number of nitrogens with one attached hydrogen (secondary N) is 2. The van der Waals surface area contributed by atoms with E-state index < -0.39 is 35.3 Å². The number of likely N-dealkylation sites (tertiary alicyclic amines) is 1. The number of hydrogen-bond donors (Lipinski definition) is 2. The van der Waals surface area contributed by atoms with Gasteiger partial charge in [0.2, 0.25) is 11.8 Å². The van der Waals surface area contributed by atoms with Crippen molar-refractivity contribution in [1.82, 2.24) is 39.5 Å². The summed E-state index contributed by atoms with van der Waals surface area (Å²) in [5.74, 6) is -2.10. The summed E-state index contributed by atoms with van der Waals surface area (Å²) in [6.07, 6.45) is 8.47. The van der Waals surface area contributed by atoms with E-state index in [2.05, 4.69) is 25.6 Å². The molecule has 17 heteroatoms. The second-order valence-electron chi connectivity index (χ2n) is 14.5. The molecule has 3 aromatic heterocycles. The number of nitrogens with zero attached hydrogens (tertiary/aromatic N) is 8. The molecule has 1 unspecified atom stereocenters. The van der Waals surface area contributed by atoms with Crippen molar-refractivity contribution in [3.8, 4) is 5.75 Å². The molecule has 0 spiro atoms. The first-order chi connectivity index (χ1) is 26.6. The molecular formula is C38H37FN10O6. The van der Waals surface area contributed by atoms with Gasteiger partial charge in [0, 0.05) is 61.8 Å². The molecule has 282 valence electrons. The van der Waals surface area contributed by atoms with Gasteiger partial charge in [-0.1, -0.05) is 0 Å². The number of alkyl halides is 1. The zero-order valence-electron chi connectivity index (χ0n) is 29.9. The van der Waals surface area contributed by atoms with Crippen molar-refractivity contribution in [2.24, 2.45) is 0 Å². The van der Waals surface area contributed by atoms with Crippen LogP contribution in [0, 0.1) is 0 Å². The van der Waals surface area contributed by atoms with Crippen LogP contribution >= 0.6 is 0 Å². The Hall–Kier alpha value is -6.23. The number of ether oxygens (including phenoxy) is 1. The number of halogens is 1. The Morgan fingerprint density at radius 2 is 1.85 bits per heavy atom. The van der Waals surface area contributed by atoms with E-state index in [0.29, 0.717) is 48.0 Å². The number of aromatic nitrogens is 5. The summed E-state index contributed by atoms with van der Waals surface area (Å²) in [4.78, 5) is 72.8. The third-order valence-electron chi connectivity index (χ3n) is 10.9. The molecule has 3 saturated heterocycles. The van der Waals surface area contributed by atoms with Crippen LogP contribution in [-0.4, -0.2) is 115 Å². The summed E-state index contributed by atoms with van der Waals surface area (Å²) >= 11 is 0. The van der Waals surface area contributed by atoms with Crippen molar-refractivity contribution < 1.29 is 33.1 Å². The van der Waals surface area contributed by atoms with E-state index in [1.165, 1.54) is 10.7 Å². The molecule has 5 amide bonds. The third kappa shape index (κ3) is 6.13. The number of benzene rings is 2. The van der Waals surface area contributed by atoms with Crippen LogP contribution in [-0.2, 0) is 9.59 Å². The zero-order valence-corrected chi connectivity index (χ0v) is 29.9. The Labute approximate surface area is 313 Å². The molecule has 0 saturated carbocycles. The maximum atomic E-state index is 16.0. The van der Waals surface area contributed by atoms with Crippen LogP contribution in [0.4, 0.5) is 15.8 Å². The minimum absolute atomic E-state index is 0.0449. The topological polar surface area (TPSA) is 176 Å². The number of amides is 5. The van der Waals surface area contributed by atoms with Gasteiger partial charge < -0.3 is 15.0 Å². The highest BCUT2D eigenvalue weighted by molar-refractivity contribution is 6.23. The van der Waals surface area contributed by atoms with Crippen LogP contribution in [0.5, 0.6) is 5.75 Å². The van der Waals surface area contributed by atoms with Gasteiger partial charge in [0.05, 0.1) is 54.3 Å². The Balaban J connectivity index is 0.816. The van der Waals surface area contributed by atoms with E-state index in [4.69, 9.17) is 9.84 Å². The second-order valence-corrected chi connectivity index (χ2v) is 14.5. The van der Waals surface area contributed by atoms with Crippen molar-refractivity contribution >= 4 is 57.5 Å². The van der Waals surface area contributed by atoms with Crippen LogP contribution in [0.15, 0.2) is 61.2 Å². The van der Waals surface area contributed by atoms with Crippen LogP contribution < -0.4 is 20.3 Å². The molecule has 0 bridgehead atoms. The molecule has 55 heavy (non-hydrogen) atoms. The highest BCUT2D eigenvalue weighted by atomic mass is 19.1. The molecule has 0 radical (unpaired) electrons. The van der Waals surface area contributed by atoms with Gasteiger partial charge in [-0.05, 0) is 56.5 Å². The van der Waals surface area contributed by atoms with Crippen molar-refractivity contribution in [3.63, 3.8) is 0 Å². The van der Waals surface area contributed by atoms with Gasteiger partial charge in [0.15, 0.2) is 11.3 Å². The molecule has 2 aromatic carbocycles. The first kappa shape index (κ1) is 34.5. The normalized spacial score (nSPS) is 20.2. The summed E-state index contributed by atoms with van der Waals surface area (Å²) in [7, 11) is 0. The van der Waals surface area contributed by atoms with Gasteiger partial charge in [-0.2, -0.15) is 10.2 Å². The SMILES string of the molecule is CCOc1cc2nn(C3CCN(CC4(F)CN(c5ccc6c(c5)C(=O)N(C5CCC(=O)NC5=O)C6=O)C4)CC3)cc2cc1NC(=O)c1cnn2cccnc12. The van der Waals surface area contributed by atoms with Gasteiger partial charge >= 0.3 is 0 Å². The van der Waals surface area contributed by atoms with E-state index in [-0.39, 0.29) is 55.6 Å². The third-order valence-corrected chi connectivity index (χ3v) is 10.9. The molecule has 2 N–H and O–H groups in total. The predicted molar refractivity (Wildman–Crippen MR) is 196 cm³/mol. The lowest BCUT2D eigenvalue weighted by molar-refractivity contribution is -0.136. The number of fused-ring (bicyclic) bond motifs is 3. The number of carbonyl (C=O) groups excluding carboxylic acids is 5. The predicted octanol–water partition coefficient (Wildman–Crippen LogP) is 3.00. The summed E-state index contributed by atoms with van der Waals surface area (Å²) in [6.45, 7) is 4.21. The average Bonchev–Trinajstić information content (AvgIpc) is 3.85. The fourth-order valence-corrected chi connectivity index (χ4v) is 8.13. The van der Waals surface area contributed by atoms with Crippen molar-refractivity contribution in [2.75, 3.05) is 49.5 Å². The van der Waals surface area contributed by atoms with Crippen LogP contribution in [0.2, 0.25) is 0 Å². The lowest BCUT2D eigenvalue weighted by atomic mass is 9.92. The van der Waals surface area contributed by atoms with Gasteiger partial charge in [-0.15, -0.1) is 0 Å².